The zero-order valence-corrected chi connectivity index (χ0v) is 8.83. The molecule has 0 aromatic heterocycles. The third-order valence-electron chi connectivity index (χ3n) is 1.73. The fraction of sp³-hybridized carbons (Fsp3) is 0.333. The van der Waals surface area contributed by atoms with E-state index in [9.17, 15) is 4.39 Å². The Balaban J connectivity index is 2.79. The first-order chi connectivity index (χ1) is 6.39. The highest BCUT2D eigenvalue weighted by atomic mass is 31.2. The predicted octanol–water partition coefficient (Wildman–Crippen LogP) is 2.48. The maximum absolute atomic E-state index is 13.4. The monoisotopic (exact) mass is 218 g/mol. The maximum atomic E-state index is 13.4. The lowest BCUT2D eigenvalue weighted by Crippen LogP contribution is -2.08. The predicted molar refractivity (Wildman–Crippen MR) is 52.6 cm³/mol. The number of benzene rings is 1. The van der Waals surface area contributed by atoms with Crippen LogP contribution < -0.4 is 4.52 Å². The van der Waals surface area contributed by atoms with Gasteiger partial charge in [0.15, 0.2) is 0 Å². The molecule has 3 nitrogen and oxygen atoms in total. The molecule has 0 saturated heterocycles. The lowest BCUT2D eigenvalue weighted by Gasteiger charge is -2.14. The summed E-state index contributed by atoms with van der Waals surface area (Å²) in [7, 11) is -2.41. The standard InChI is InChI=1S/C9H12FO3P/c1-9(2,10)7-3-5-8(6-4-7)13-14(11)12/h3-6,11-12H,1-2H3. The average Bonchev–Trinajstić information content (AvgIpc) is 2.02. The first kappa shape index (κ1) is 11.4. The van der Waals surface area contributed by atoms with E-state index in [1.54, 1.807) is 12.1 Å². The molecule has 1 aromatic rings. The van der Waals surface area contributed by atoms with Crippen LogP contribution in [0, 0.1) is 0 Å². The summed E-state index contributed by atoms with van der Waals surface area (Å²) >= 11 is 0. The SMILES string of the molecule is CC(C)(F)c1ccc(OP(O)O)cc1. The Kier molecular flexibility index (Phi) is 3.43. The van der Waals surface area contributed by atoms with Crippen molar-refractivity contribution in [3.63, 3.8) is 0 Å². The van der Waals surface area contributed by atoms with E-state index in [-0.39, 0.29) is 0 Å². The van der Waals surface area contributed by atoms with Crippen molar-refractivity contribution in [2.45, 2.75) is 19.5 Å². The molecule has 14 heavy (non-hydrogen) atoms. The van der Waals surface area contributed by atoms with Gasteiger partial charge in [0.05, 0.1) is 0 Å². The van der Waals surface area contributed by atoms with Crippen LogP contribution in [0.5, 0.6) is 5.75 Å². The Morgan fingerprint density at radius 1 is 1.21 bits per heavy atom. The fourth-order valence-corrected chi connectivity index (χ4v) is 1.32. The summed E-state index contributed by atoms with van der Waals surface area (Å²) in [4.78, 5) is 17.1. The smallest absolute Gasteiger partial charge is 0.391 e. The molecule has 0 bridgehead atoms. The van der Waals surface area contributed by atoms with Gasteiger partial charge in [-0.1, -0.05) is 12.1 Å². The van der Waals surface area contributed by atoms with Crippen LogP contribution in [0.2, 0.25) is 0 Å². The van der Waals surface area contributed by atoms with Crippen molar-refractivity contribution in [3.05, 3.63) is 29.8 Å². The van der Waals surface area contributed by atoms with Gasteiger partial charge in [0.1, 0.15) is 11.4 Å². The van der Waals surface area contributed by atoms with Gasteiger partial charge in [0, 0.05) is 0 Å². The lowest BCUT2D eigenvalue weighted by molar-refractivity contribution is 0.221. The van der Waals surface area contributed by atoms with E-state index >= 15 is 0 Å². The van der Waals surface area contributed by atoms with Gasteiger partial charge in [-0.3, -0.25) is 0 Å². The van der Waals surface area contributed by atoms with Crippen LogP contribution in [0.3, 0.4) is 0 Å². The number of rotatable bonds is 3. The normalized spacial score (nSPS) is 11.9. The highest BCUT2D eigenvalue weighted by molar-refractivity contribution is 7.39. The molecule has 0 unspecified atom stereocenters. The average molecular weight is 218 g/mol. The second-order valence-corrected chi connectivity index (χ2v) is 4.03. The molecule has 2 N–H and O–H groups in total. The van der Waals surface area contributed by atoms with Crippen LogP contribution in [0.4, 0.5) is 4.39 Å². The minimum Gasteiger partial charge on any atom is -0.427 e. The summed E-state index contributed by atoms with van der Waals surface area (Å²) in [6.07, 6.45) is 0. The van der Waals surface area contributed by atoms with Crippen molar-refractivity contribution in [2.24, 2.45) is 0 Å². The van der Waals surface area contributed by atoms with E-state index in [2.05, 4.69) is 4.52 Å². The van der Waals surface area contributed by atoms with E-state index in [0.29, 0.717) is 11.3 Å². The van der Waals surface area contributed by atoms with Gasteiger partial charge in [-0.2, -0.15) is 0 Å². The lowest BCUT2D eigenvalue weighted by atomic mass is 10.0. The minimum atomic E-state index is -2.41. The van der Waals surface area contributed by atoms with Gasteiger partial charge in [-0.25, -0.2) is 4.39 Å². The molecule has 0 radical (unpaired) electrons. The quantitative estimate of drug-likeness (QED) is 0.766. The molecule has 0 aliphatic rings. The minimum absolute atomic E-state index is 0.314. The molecule has 1 rings (SSSR count). The van der Waals surface area contributed by atoms with E-state index < -0.39 is 14.3 Å². The Morgan fingerprint density at radius 3 is 2.07 bits per heavy atom. The van der Waals surface area contributed by atoms with Crippen LogP contribution in [0.15, 0.2) is 24.3 Å². The second-order valence-electron chi connectivity index (χ2n) is 3.34. The Hall–Kier alpha value is -0.700. The van der Waals surface area contributed by atoms with E-state index in [1.165, 1.54) is 26.0 Å². The molecule has 0 aliphatic heterocycles. The van der Waals surface area contributed by atoms with Crippen LogP contribution in [0.1, 0.15) is 19.4 Å². The van der Waals surface area contributed by atoms with Crippen molar-refractivity contribution in [1.82, 2.24) is 0 Å². The molecular formula is C9H12FO3P. The maximum Gasteiger partial charge on any atom is 0.391 e. The number of halogens is 1. The number of hydrogen-bond donors (Lipinski definition) is 2. The summed E-state index contributed by atoms with van der Waals surface area (Å²) < 4.78 is 18.0. The molecule has 0 atom stereocenters. The van der Waals surface area contributed by atoms with Gasteiger partial charge in [0.2, 0.25) is 0 Å². The van der Waals surface area contributed by atoms with Crippen molar-refractivity contribution in [2.75, 3.05) is 0 Å². The molecule has 5 heteroatoms. The van der Waals surface area contributed by atoms with Crippen molar-refractivity contribution >= 4 is 8.60 Å². The summed E-state index contributed by atoms with van der Waals surface area (Å²) in [5.41, 5.74) is -0.883. The van der Waals surface area contributed by atoms with E-state index in [1.807, 2.05) is 0 Å². The molecule has 0 heterocycles. The summed E-state index contributed by atoms with van der Waals surface area (Å²) in [6.45, 7) is 2.90. The van der Waals surface area contributed by atoms with E-state index in [0.717, 1.165) is 0 Å². The molecule has 1 aromatic carbocycles. The van der Waals surface area contributed by atoms with E-state index in [4.69, 9.17) is 9.79 Å². The third kappa shape index (κ3) is 3.22. The molecule has 0 fully saturated rings. The van der Waals surface area contributed by atoms with Crippen LogP contribution in [-0.4, -0.2) is 9.79 Å². The molecular weight excluding hydrogens is 206 g/mol. The second kappa shape index (κ2) is 4.22. The highest BCUT2D eigenvalue weighted by Crippen LogP contribution is 2.31. The van der Waals surface area contributed by atoms with Crippen molar-refractivity contribution in [3.8, 4) is 5.75 Å². The Bertz CT molecular complexity index is 292. The first-order valence-electron chi connectivity index (χ1n) is 4.05. The Labute approximate surface area is 83.2 Å². The molecule has 0 amide bonds. The van der Waals surface area contributed by atoms with Gasteiger partial charge in [0.25, 0.3) is 0 Å². The topological polar surface area (TPSA) is 49.7 Å². The number of hydrogen-bond acceptors (Lipinski definition) is 3. The Morgan fingerprint density at radius 2 is 1.71 bits per heavy atom. The zero-order valence-electron chi connectivity index (χ0n) is 7.94. The summed E-state index contributed by atoms with van der Waals surface area (Å²) in [5.74, 6) is 0.314. The van der Waals surface area contributed by atoms with Crippen LogP contribution in [0.25, 0.3) is 0 Å². The highest BCUT2D eigenvalue weighted by Gasteiger charge is 2.18. The summed E-state index contributed by atoms with van der Waals surface area (Å²) in [5, 5.41) is 0. The third-order valence-corrected chi connectivity index (χ3v) is 2.10. The van der Waals surface area contributed by atoms with Crippen molar-refractivity contribution < 1.29 is 18.7 Å². The molecule has 0 saturated carbocycles. The molecule has 0 spiro atoms. The number of alkyl halides is 1. The fourth-order valence-electron chi connectivity index (χ4n) is 1.01. The molecule has 0 aliphatic carbocycles. The van der Waals surface area contributed by atoms with Gasteiger partial charge < -0.3 is 14.3 Å². The van der Waals surface area contributed by atoms with Crippen LogP contribution in [-0.2, 0) is 5.67 Å². The molecule has 78 valence electrons. The van der Waals surface area contributed by atoms with Gasteiger partial charge in [-0.05, 0) is 31.5 Å². The first-order valence-corrected chi connectivity index (χ1v) is 5.21. The van der Waals surface area contributed by atoms with Gasteiger partial charge >= 0.3 is 8.60 Å². The largest absolute Gasteiger partial charge is 0.427 e. The van der Waals surface area contributed by atoms with Gasteiger partial charge in [-0.15, -0.1) is 0 Å². The van der Waals surface area contributed by atoms with Crippen LogP contribution >= 0.6 is 8.60 Å². The van der Waals surface area contributed by atoms with Crippen molar-refractivity contribution in [1.29, 1.82) is 0 Å². The summed E-state index contributed by atoms with van der Waals surface area (Å²) in [6, 6.07) is 6.10. The zero-order chi connectivity index (χ0) is 10.8.